The molecule has 0 radical (unpaired) electrons. The highest BCUT2D eigenvalue weighted by Crippen LogP contribution is 1.84. The van der Waals surface area contributed by atoms with Crippen LogP contribution in [0.4, 0.5) is 0 Å². The minimum absolute atomic E-state index is 0.0999. The van der Waals surface area contributed by atoms with Gasteiger partial charge in [0.2, 0.25) is 0 Å². The van der Waals surface area contributed by atoms with Crippen molar-refractivity contribution in [2.45, 2.75) is 0 Å². The van der Waals surface area contributed by atoms with E-state index in [0.29, 0.717) is 5.46 Å². The Morgan fingerprint density at radius 1 is 1.58 bits per heavy atom. The van der Waals surface area contributed by atoms with Crippen LogP contribution in [0.3, 0.4) is 0 Å². The van der Waals surface area contributed by atoms with E-state index in [1.807, 2.05) is 0 Å². The van der Waals surface area contributed by atoms with Crippen LogP contribution >= 0.6 is 0 Å². The molecule has 0 aliphatic rings. The largest absolute Gasteiger partial charge is 0.492 e. The van der Waals surface area contributed by atoms with E-state index in [1.165, 1.54) is 6.20 Å². The highest BCUT2D eigenvalue weighted by molar-refractivity contribution is 6.59. The summed E-state index contributed by atoms with van der Waals surface area (Å²) in [6.45, 7) is 0.0212. The van der Waals surface area contributed by atoms with Gasteiger partial charge in [-0.1, -0.05) is 6.07 Å². The Bertz CT molecular complexity index is 219. The van der Waals surface area contributed by atoms with Gasteiger partial charge in [-0.2, -0.15) is 0 Å². The van der Waals surface area contributed by atoms with Gasteiger partial charge in [-0.15, -0.1) is 0 Å². The van der Waals surface area contributed by atoms with Gasteiger partial charge in [-0.05, 0) is 6.07 Å². The molecule has 64 valence electrons. The van der Waals surface area contributed by atoms with Crippen LogP contribution in [0.5, 0.6) is 0 Å². The van der Waals surface area contributed by atoms with Gasteiger partial charge in [-0.25, -0.2) is 0 Å². The van der Waals surface area contributed by atoms with Gasteiger partial charge in [0.1, 0.15) is 0 Å². The monoisotopic (exact) mass is 167 g/mol. The lowest BCUT2D eigenvalue weighted by molar-refractivity contribution is 0.183. The van der Waals surface area contributed by atoms with E-state index in [4.69, 9.17) is 9.76 Å². The molecule has 0 aliphatic carbocycles. The Kier molecular flexibility index (Phi) is 3.73. The topological polar surface area (TPSA) is 62.6 Å². The Morgan fingerprint density at radius 3 is 3.00 bits per heavy atom. The zero-order chi connectivity index (χ0) is 8.81. The zero-order valence-electron chi connectivity index (χ0n) is 6.55. The van der Waals surface area contributed by atoms with Crippen molar-refractivity contribution in [1.82, 2.24) is 4.98 Å². The predicted molar refractivity (Wildman–Crippen MR) is 44.9 cm³/mol. The smallest absolute Gasteiger partial charge is 0.423 e. The summed E-state index contributed by atoms with van der Waals surface area (Å²) < 4.78 is 4.84. The van der Waals surface area contributed by atoms with E-state index >= 15 is 0 Å². The number of pyridine rings is 1. The molecule has 12 heavy (non-hydrogen) atoms. The van der Waals surface area contributed by atoms with Crippen molar-refractivity contribution in [2.24, 2.45) is 0 Å². The van der Waals surface area contributed by atoms with Gasteiger partial charge in [0, 0.05) is 17.9 Å². The summed E-state index contributed by atoms with van der Waals surface area (Å²) in [5, 5.41) is 17.7. The first-order chi connectivity index (χ1) is 5.84. The van der Waals surface area contributed by atoms with Crippen LogP contribution in [0.15, 0.2) is 24.5 Å². The van der Waals surface area contributed by atoms with Crippen LogP contribution in [-0.4, -0.2) is 35.4 Å². The average molecular weight is 167 g/mol. The van der Waals surface area contributed by atoms with Gasteiger partial charge in [0.25, 0.3) is 0 Å². The molecule has 1 rings (SSSR count). The van der Waals surface area contributed by atoms with Crippen molar-refractivity contribution < 1.29 is 14.8 Å². The first-order valence-corrected chi connectivity index (χ1v) is 3.65. The van der Waals surface area contributed by atoms with Crippen LogP contribution in [0, 0.1) is 0 Å². The summed E-state index contributed by atoms with van der Waals surface area (Å²) in [5.41, 5.74) is 0.589. The van der Waals surface area contributed by atoms with Crippen molar-refractivity contribution in [3.05, 3.63) is 24.5 Å². The van der Waals surface area contributed by atoms with Crippen LogP contribution < -0.4 is 5.46 Å². The minimum Gasteiger partial charge on any atom is -0.423 e. The Labute approximate surface area is 71.0 Å². The third-order valence-electron chi connectivity index (χ3n) is 1.34. The molecule has 5 heteroatoms. The molecule has 1 aromatic heterocycles. The van der Waals surface area contributed by atoms with Crippen molar-refractivity contribution in [2.75, 3.05) is 13.2 Å². The second-order valence-corrected chi connectivity index (χ2v) is 2.23. The third kappa shape index (κ3) is 2.62. The van der Waals surface area contributed by atoms with Gasteiger partial charge in [-0.3, -0.25) is 4.98 Å². The average Bonchev–Trinajstić information content (AvgIpc) is 2.15. The van der Waals surface area contributed by atoms with E-state index < -0.39 is 7.12 Å². The number of aromatic nitrogens is 1. The third-order valence-corrected chi connectivity index (χ3v) is 1.34. The summed E-state index contributed by atoms with van der Waals surface area (Å²) in [5.74, 6) is 0. The van der Waals surface area contributed by atoms with Crippen molar-refractivity contribution >= 4 is 12.6 Å². The summed E-state index contributed by atoms with van der Waals surface area (Å²) >= 11 is 0. The van der Waals surface area contributed by atoms with E-state index in [1.54, 1.807) is 18.3 Å². The first kappa shape index (κ1) is 9.19. The van der Waals surface area contributed by atoms with E-state index in [-0.39, 0.29) is 13.2 Å². The predicted octanol–water partition coefficient (Wildman–Crippen LogP) is -1.22. The minimum atomic E-state index is -0.995. The molecular formula is C7H10BNO3. The number of hydrogen-bond acceptors (Lipinski definition) is 4. The summed E-state index contributed by atoms with van der Waals surface area (Å²) in [4.78, 5) is 3.81. The molecule has 0 saturated carbocycles. The number of hydrogen-bond donors (Lipinski definition) is 2. The van der Waals surface area contributed by atoms with Gasteiger partial charge in [0.15, 0.2) is 0 Å². The molecule has 0 saturated heterocycles. The molecule has 0 aromatic carbocycles. The Morgan fingerprint density at radius 2 is 2.42 bits per heavy atom. The maximum absolute atomic E-state index is 9.28. The maximum atomic E-state index is 9.28. The number of aliphatic hydroxyl groups is 1. The molecule has 0 bridgehead atoms. The maximum Gasteiger partial charge on any atom is 0.492 e. The quantitative estimate of drug-likeness (QED) is 0.551. The first-order valence-electron chi connectivity index (χ1n) is 3.65. The molecule has 0 spiro atoms. The van der Waals surface area contributed by atoms with Gasteiger partial charge >= 0.3 is 7.12 Å². The summed E-state index contributed by atoms with van der Waals surface area (Å²) in [6.07, 6.45) is 3.13. The molecule has 0 aliphatic heterocycles. The number of aliphatic hydroxyl groups excluding tert-OH is 1. The van der Waals surface area contributed by atoms with Crippen molar-refractivity contribution in [3.63, 3.8) is 0 Å². The molecule has 0 fully saturated rings. The molecule has 2 N–H and O–H groups in total. The molecule has 1 aromatic rings. The fourth-order valence-electron chi connectivity index (χ4n) is 0.783. The molecule has 1 heterocycles. The SMILES string of the molecule is OCCOB(O)c1cccnc1. The van der Waals surface area contributed by atoms with Crippen LogP contribution in [-0.2, 0) is 4.65 Å². The molecule has 0 atom stereocenters. The second kappa shape index (κ2) is 4.87. The van der Waals surface area contributed by atoms with E-state index in [9.17, 15) is 5.02 Å². The summed E-state index contributed by atoms with van der Waals surface area (Å²) in [6, 6.07) is 3.41. The lowest BCUT2D eigenvalue weighted by Crippen LogP contribution is -2.34. The number of rotatable bonds is 4. The van der Waals surface area contributed by atoms with E-state index in [2.05, 4.69) is 4.98 Å². The van der Waals surface area contributed by atoms with Gasteiger partial charge < -0.3 is 14.8 Å². The molecule has 0 amide bonds. The lowest BCUT2D eigenvalue weighted by atomic mass is 9.81. The molecular weight excluding hydrogens is 157 g/mol. The van der Waals surface area contributed by atoms with Crippen molar-refractivity contribution in [3.8, 4) is 0 Å². The Balaban J connectivity index is 2.48. The molecule has 0 unspecified atom stereocenters. The fourth-order valence-corrected chi connectivity index (χ4v) is 0.783. The Hall–Kier alpha value is -0.905. The van der Waals surface area contributed by atoms with Crippen molar-refractivity contribution in [1.29, 1.82) is 0 Å². The normalized spacial score (nSPS) is 9.83. The second-order valence-electron chi connectivity index (χ2n) is 2.23. The fraction of sp³-hybridized carbons (Fsp3) is 0.286. The zero-order valence-corrected chi connectivity index (χ0v) is 6.55. The molecule has 4 nitrogen and oxygen atoms in total. The van der Waals surface area contributed by atoms with Gasteiger partial charge in [0.05, 0.1) is 13.2 Å². The van der Waals surface area contributed by atoms with E-state index in [0.717, 1.165) is 0 Å². The van der Waals surface area contributed by atoms with Crippen LogP contribution in [0.25, 0.3) is 0 Å². The highest BCUT2D eigenvalue weighted by Gasteiger charge is 2.15. The summed E-state index contributed by atoms with van der Waals surface area (Å²) in [7, 11) is -0.995. The van der Waals surface area contributed by atoms with Crippen LogP contribution in [0.2, 0.25) is 0 Å². The lowest BCUT2D eigenvalue weighted by Gasteiger charge is -2.05. The highest BCUT2D eigenvalue weighted by atomic mass is 16.5. The number of nitrogens with zero attached hydrogens (tertiary/aromatic N) is 1. The standard InChI is InChI=1S/C7H10BNO3/c10-4-5-12-8(11)7-2-1-3-9-6-7/h1-3,6,10-11H,4-5H2. The van der Waals surface area contributed by atoms with Crippen LogP contribution in [0.1, 0.15) is 0 Å².